The molecule has 2 heterocycles. The molecule has 2 rings (SSSR count). The van der Waals surface area contributed by atoms with Crippen molar-refractivity contribution in [2.75, 3.05) is 26.4 Å². The van der Waals surface area contributed by atoms with Gasteiger partial charge in [0.15, 0.2) is 5.79 Å². The third-order valence-electron chi connectivity index (χ3n) is 5.22. The molecule has 2 aliphatic rings. The summed E-state index contributed by atoms with van der Waals surface area (Å²) in [5.41, 5.74) is -1.46. The monoisotopic (exact) mass is 469 g/mol. The number of hydrogen-bond acceptors (Lipinski definition) is 10. The molecule has 0 saturated carbocycles. The first-order chi connectivity index (χ1) is 15.4. The van der Waals surface area contributed by atoms with E-state index in [1.807, 2.05) is 27.7 Å². The van der Waals surface area contributed by atoms with Crippen molar-refractivity contribution in [3.63, 3.8) is 0 Å². The number of hydrogen-bond donors (Lipinski definition) is 0. The van der Waals surface area contributed by atoms with E-state index in [4.69, 9.17) is 28.5 Å². The summed E-state index contributed by atoms with van der Waals surface area (Å²) in [6, 6.07) is 0. The number of carbonyl (C=O) groups is 3. The van der Waals surface area contributed by atoms with Gasteiger partial charge in [0.2, 0.25) is 0 Å². The lowest BCUT2D eigenvalue weighted by atomic mass is 9.78. The van der Waals surface area contributed by atoms with Gasteiger partial charge in [-0.2, -0.15) is 5.06 Å². The zero-order valence-corrected chi connectivity index (χ0v) is 20.1. The Hall–Kier alpha value is -2.27. The van der Waals surface area contributed by atoms with Gasteiger partial charge in [0.1, 0.15) is 25.9 Å². The fourth-order valence-electron chi connectivity index (χ4n) is 4.44. The summed E-state index contributed by atoms with van der Waals surface area (Å²) in [6.45, 7) is 16.1. The Balaban J connectivity index is 2.21. The summed E-state index contributed by atoms with van der Waals surface area (Å²) in [7, 11) is 0. The van der Waals surface area contributed by atoms with Crippen molar-refractivity contribution in [3.05, 3.63) is 25.3 Å². The molecule has 0 N–H and O–H groups in total. The number of rotatable bonds is 10. The molecule has 1 atom stereocenters. The van der Waals surface area contributed by atoms with E-state index in [1.54, 1.807) is 5.06 Å². The second-order valence-corrected chi connectivity index (χ2v) is 9.36. The van der Waals surface area contributed by atoms with Gasteiger partial charge in [0.25, 0.3) is 6.10 Å². The van der Waals surface area contributed by atoms with Crippen LogP contribution in [0.15, 0.2) is 25.3 Å². The van der Waals surface area contributed by atoms with Gasteiger partial charge < -0.3 is 23.7 Å². The molecule has 0 bridgehead atoms. The van der Waals surface area contributed by atoms with Gasteiger partial charge in [-0.1, -0.05) is 25.3 Å². The summed E-state index contributed by atoms with van der Waals surface area (Å²) < 4.78 is 27.4. The minimum absolute atomic E-state index is 0.0747. The molecule has 2 fully saturated rings. The molecule has 0 aliphatic carbocycles. The average Bonchev–Trinajstić information content (AvgIpc) is 3.08. The molecule has 1 unspecified atom stereocenters. The molecular weight excluding hydrogens is 434 g/mol. The number of piperidine rings is 1. The van der Waals surface area contributed by atoms with Gasteiger partial charge in [-0.3, -0.25) is 9.63 Å². The Kier molecular flexibility index (Phi) is 8.81. The van der Waals surface area contributed by atoms with Crippen LogP contribution in [-0.2, 0) is 42.9 Å². The highest BCUT2D eigenvalue weighted by Crippen LogP contribution is 2.48. The maximum absolute atomic E-state index is 12.6. The van der Waals surface area contributed by atoms with Crippen LogP contribution >= 0.6 is 0 Å². The van der Waals surface area contributed by atoms with Gasteiger partial charge in [-0.25, -0.2) is 9.59 Å². The van der Waals surface area contributed by atoms with Gasteiger partial charge in [0, 0.05) is 30.8 Å². The molecule has 1 spiro atoms. The first-order valence-electron chi connectivity index (χ1n) is 10.8. The molecule has 10 heteroatoms. The second kappa shape index (κ2) is 10.8. The minimum Gasteiger partial charge on any atom is -0.463 e. The van der Waals surface area contributed by atoms with Crippen molar-refractivity contribution < 1.29 is 42.9 Å². The molecule has 2 saturated heterocycles. The zero-order chi connectivity index (χ0) is 24.9. The van der Waals surface area contributed by atoms with E-state index in [2.05, 4.69) is 13.2 Å². The fourth-order valence-corrected chi connectivity index (χ4v) is 4.44. The quantitative estimate of drug-likeness (QED) is 0.204. The molecular formula is C23H35NO9. The van der Waals surface area contributed by atoms with E-state index in [9.17, 15) is 14.4 Å². The van der Waals surface area contributed by atoms with Crippen molar-refractivity contribution in [2.24, 2.45) is 0 Å². The van der Waals surface area contributed by atoms with Gasteiger partial charge in [0.05, 0.1) is 6.61 Å². The Morgan fingerprint density at radius 1 is 1.00 bits per heavy atom. The van der Waals surface area contributed by atoms with Crippen molar-refractivity contribution >= 4 is 17.9 Å². The van der Waals surface area contributed by atoms with Crippen LogP contribution in [-0.4, -0.2) is 78.5 Å². The first kappa shape index (κ1) is 27.0. The number of nitrogens with zero attached hydrogens (tertiary/aromatic N) is 1. The maximum Gasteiger partial charge on any atom is 0.349 e. The average molecular weight is 470 g/mol. The van der Waals surface area contributed by atoms with Crippen LogP contribution in [0.3, 0.4) is 0 Å². The molecule has 0 amide bonds. The third-order valence-corrected chi connectivity index (χ3v) is 5.22. The van der Waals surface area contributed by atoms with E-state index in [0.29, 0.717) is 12.8 Å². The lowest BCUT2D eigenvalue weighted by molar-refractivity contribution is -0.346. The molecule has 186 valence electrons. The van der Waals surface area contributed by atoms with E-state index < -0.39 is 34.9 Å². The summed E-state index contributed by atoms with van der Waals surface area (Å²) >= 11 is 0. The summed E-state index contributed by atoms with van der Waals surface area (Å²) in [5, 5.41) is 1.60. The zero-order valence-electron chi connectivity index (χ0n) is 20.1. The number of ether oxygens (including phenoxy) is 5. The number of hydroxylamine groups is 2. The summed E-state index contributed by atoms with van der Waals surface area (Å²) in [6.07, 6.45) is 1.52. The smallest absolute Gasteiger partial charge is 0.349 e. The van der Waals surface area contributed by atoms with Crippen molar-refractivity contribution in [1.29, 1.82) is 0 Å². The SMILES string of the molecule is C=CCOC(=O)C(ON1C(C)(C)CC2(CC1(C)C)OCC(COC(C)=O)O2)C(=O)OCC=C. The molecule has 2 aliphatic heterocycles. The Labute approximate surface area is 194 Å². The van der Waals surface area contributed by atoms with Crippen LogP contribution in [0.25, 0.3) is 0 Å². The highest BCUT2D eigenvalue weighted by molar-refractivity contribution is 5.98. The molecule has 33 heavy (non-hydrogen) atoms. The summed E-state index contributed by atoms with van der Waals surface area (Å²) in [5.74, 6) is -3.09. The van der Waals surface area contributed by atoms with Gasteiger partial charge >= 0.3 is 17.9 Å². The van der Waals surface area contributed by atoms with Gasteiger partial charge in [-0.15, -0.1) is 0 Å². The van der Waals surface area contributed by atoms with Crippen LogP contribution < -0.4 is 0 Å². The van der Waals surface area contributed by atoms with Crippen LogP contribution in [0.5, 0.6) is 0 Å². The molecule has 0 radical (unpaired) electrons. The predicted molar refractivity (Wildman–Crippen MR) is 117 cm³/mol. The topological polar surface area (TPSA) is 110 Å². The normalized spacial score (nSPS) is 23.2. The Morgan fingerprint density at radius 2 is 1.52 bits per heavy atom. The minimum atomic E-state index is -1.63. The van der Waals surface area contributed by atoms with E-state index >= 15 is 0 Å². The maximum atomic E-state index is 12.6. The summed E-state index contributed by atoms with van der Waals surface area (Å²) in [4.78, 5) is 42.3. The lowest BCUT2D eigenvalue weighted by Gasteiger charge is -2.56. The van der Waals surface area contributed by atoms with Crippen molar-refractivity contribution in [3.8, 4) is 0 Å². The molecule has 10 nitrogen and oxygen atoms in total. The highest BCUT2D eigenvalue weighted by atomic mass is 16.8. The third kappa shape index (κ3) is 6.86. The van der Waals surface area contributed by atoms with Crippen LogP contribution in [0, 0.1) is 0 Å². The molecule has 0 aromatic carbocycles. The van der Waals surface area contributed by atoms with E-state index in [-0.39, 0.29) is 38.5 Å². The van der Waals surface area contributed by atoms with Crippen molar-refractivity contribution in [2.45, 2.75) is 76.5 Å². The van der Waals surface area contributed by atoms with E-state index in [1.165, 1.54) is 19.1 Å². The largest absolute Gasteiger partial charge is 0.463 e. The first-order valence-corrected chi connectivity index (χ1v) is 10.8. The highest BCUT2D eigenvalue weighted by Gasteiger charge is 2.59. The Morgan fingerprint density at radius 3 is 1.97 bits per heavy atom. The lowest BCUT2D eigenvalue weighted by Crippen LogP contribution is -2.67. The molecule has 0 aromatic rings. The predicted octanol–water partition coefficient (Wildman–Crippen LogP) is 2.07. The van der Waals surface area contributed by atoms with Crippen LogP contribution in [0.2, 0.25) is 0 Å². The number of esters is 3. The van der Waals surface area contributed by atoms with Crippen molar-refractivity contribution in [1.82, 2.24) is 5.06 Å². The standard InChI is InChI=1S/C23H35NO9/c1-8-10-28-19(26)18(20(27)29-11-9-2)33-24-21(4,5)14-23(15-22(24,6)7)31-13-17(32-23)12-30-16(3)25/h8-9,17-18H,1-2,10-15H2,3-7H3. The van der Waals surface area contributed by atoms with Crippen LogP contribution in [0.1, 0.15) is 47.5 Å². The van der Waals surface area contributed by atoms with Gasteiger partial charge in [-0.05, 0) is 27.7 Å². The molecule has 0 aromatic heterocycles. The Bertz CT molecular complexity index is 719. The second-order valence-electron chi connectivity index (χ2n) is 9.36. The fraction of sp³-hybridized carbons (Fsp3) is 0.696. The van der Waals surface area contributed by atoms with Crippen LogP contribution in [0.4, 0.5) is 0 Å². The number of carbonyl (C=O) groups excluding carboxylic acids is 3. The van der Waals surface area contributed by atoms with E-state index in [0.717, 1.165) is 0 Å².